The number of aromatic nitrogens is 1. The van der Waals surface area contributed by atoms with E-state index in [2.05, 4.69) is 58.7 Å². The lowest BCUT2D eigenvalue weighted by Crippen LogP contribution is -2.49. The summed E-state index contributed by atoms with van der Waals surface area (Å²) in [6, 6.07) is 10.6. The predicted molar refractivity (Wildman–Crippen MR) is 160 cm³/mol. The monoisotopic (exact) mass is 543 g/mol. The summed E-state index contributed by atoms with van der Waals surface area (Å²) in [5.74, 6) is 0.454. The highest BCUT2D eigenvalue weighted by Crippen LogP contribution is 2.27. The molecule has 7 nitrogen and oxygen atoms in total. The van der Waals surface area contributed by atoms with Gasteiger partial charge < -0.3 is 15.1 Å². The van der Waals surface area contributed by atoms with Gasteiger partial charge in [0, 0.05) is 75.2 Å². The maximum atomic E-state index is 12.9. The van der Waals surface area contributed by atoms with Crippen molar-refractivity contribution in [2.75, 3.05) is 39.3 Å². The van der Waals surface area contributed by atoms with Gasteiger partial charge in [-0.25, -0.2) is 0 Å². The van der Waals surface area contributed by atoms with Gasteiger partial charge in [0.05, 0.1) is 0 Å². The van der Waals surface area contributed by atoms with E-state index in [1.54, 1.807) is 12.3 Å². The van der Waals surface area contributed by atoms with E-state index in [9.17, 15) is 9.59 Å². The Kier molecular flexibility index (Phi) is 9.20. The number of likely N-dealkylation sites (tertiary alicyclic amines) is 1. The number of piperidine rings is 1. The van der Waals surface area contributed by atoms with Crippen molar-refractivity contribution < 1.29 is 9.59 Å². The number of aryl methyl sites for hydroxylation is 2. The van der Waals surface area contributed by atoms with Crippen LogP contribution in [0.1, 0.15) is 77.7 Å². The van der Waals surface area contributed by atoms with Gasteiger partial charge in [0.2, 0.25) is 5.91 Å². The van der Waals surface area contributed by atoms with E-state index < -0.39 is 0 Å². The molecule has 2 saturated heterocycles. The van der Waals surface area contributed by atoms with Gasteiger partial charge in [0.25, 0.3) is 5.91 Å². The van der Waals surface area contributed by atoms with Gasteiger partial charge in [-0.15, -0.1) is 0 Å². The Balaban J connectivity index is 1.06. The van der Waals surface area contributed by atoms with Crippen LogP contribution in [-0.4, -0.2) is 76.8 Å². The number of nitrogens with zero attached hydrogens (tertiary/aromatic N) is 4. The smallest absolute Gasteiger partial charge is 0.270 e. The lowest BCUT2D eigenvalue weighted by Gasteiger charge is -2.39. The third-order valence-corrected chi connectivity index (χ3v) is 9.16. The van der Waals surface area contributed by atoms with E-state index in [-0.39, 0.29) is 17.9 Å². The standard InChI is InChI=1S/C33H45N5O2/c1-24-9-10-27(21-25(24)2)23-36-15-13-30(14-16-36)35-32(39)31-12-11-29(22-34-31)26(3)37-17-19-38(20-18-37)33(40)28-7-5-4-6-8-28/h9-12,21-22,28,30H,3-8,13-20,23H2,1-2H3,(H,35,39). The number of piperazine rings is 1. The SMILES string of the molecule is C=C(c1ccc(C(=O)NC2CCN(Cc3ccc(C)c(C)c3)CC2)nc1)N1CCN(C(=O)C2CCCCC2)CC1. The van der Waals surface area contributed by atoms with Gasteiger partial charge in [-0.2, -0.15) is 0 Å². The largest absolute Gasteiger partial charge is 0.368 e. The summed E-state index contributed by atoms with van der Waals surface area (Å²) in [5.41, 5.74) is 6.29. The maximum absolute atomic E-state index is 12.9. The number of carbonyl (C=O) groups excluding carboxylic acids is 2. The number of hydrogen-bond donors (Lipinski definition) is 1. The fraction of sp³-hybridized carbons (Fsp3) is 0.545. The van der Waals surface area contributed by atoms with E-state index in [1.807, 2.05) is 11.0 Å². The van der Waals surface area contributed by atoms with Gasteiger partial charge in [-0.05, 0) is 68.4 Å². The van der Waals surface area contributed by atoms with Gasteiger partial charge in [-0.1, -0.05) is 44.0 Å². The quantitative estimate of drug-likeness (QED) is 0.544. The number of hydrogen-bond acceptors (Lipinski definition) is 5. The molecule has 1 aliphatic carbocycles. The molecule has 5 rings (SSSR count). The van der Waals surface area contributed by atoms with E-state index in [0.717, 1.165) is 82.8 Å². The lowest BCUT2D eigenvalue weighted by atomic mass is 9.88. The summed E-state index contributed by atoms with van der Waals surface area (Å²) < 4.78 is 0. The van der Waals surface area contributed by atoms with Crippen molar-refractivity contribution in [2.24, 2.45) is 5.92 Å². The molecule has 2 aliphatic heterocycles. The summed E-state index contributed by atoms with van der Waals surface area (Å²) in [7, 11) is 0. The number of benzene rings is 1. The van der Waals surface area contributed by atoms with Crippen LogP contribution in [-0.2, 0) is 11.3 Å². The fourth-order valence-electron chi connectivity index (χ4n) is 6.34. The van der Waals surface area contributed by atoms with Crippen molar-refractivity contribution in [1.29, 1.82) is 0 Å². The van der Waals surface area contributed by atoms with E-state index in [0.29, 0.717) is 11.6 Å². The number of rotatable bonds is 7. The number of carbonyl (C=O) groups is 2. The summed E-state index contributed by atoms with van der Waals surface area (Å²) in [6.45, 7) is 14.6. The molecule has 40 heavy (non-hydrogen) atoms. The number of amides is 2. The lowest BCUT2D eigenvalue weighted by molar-refractivity contribution is -0.137. The summed E-state index contributed by atoms with van der Waals surface area (Å²) in [6.07, 6.45) is 9.36. The maximum Gasteiger partial charge on any atom is 0.270 e. The molecule has 1 saturated carbocycles. The minimum absolute atomic E-state index is 0.111. The Morgan fingerprint density at radius 3 is 2.23 bits per heavy atom. The first-order valence-electron chi connectivity index (χ1n) is 15.2. The molecule has 2 aromatic rings. The van der Waals surface area contributed by atoms with Crippen molar-refractivity contribution in [1.82, 2.24) is 25.0 Å². The van der Waals surface area contributed by atoms with Crippen molar-refractivity contribution in [3.8, 4) is 0 Å². The minimum atomic E-state index is -0.111. The Bertz CT molecular complexity index is 1190. The van der Waals surface area contributed by atoms with Crippen LogP contribution in [0.15, 0.2) is 43.1 Å². The highest BCUT2D eigenvalue weighted by molar-refractivity contribution is 5.92. The molecule has 0 atom stereocenters. The zero-order valence-electron chi connectivity index (χ0n) is 24.3. The zero-order valence-corrected chi connectivity index (χ0v) is 24.3. The first-order chi connectivity index (χ1) is 19.4. The van der Waals surface area contributed by atoms with Crippen LogP contribution in [0.3, 0.4) is 0 Å². The molecular formula is C33H45N5O2. The minimum Gasteiger partial charge on any atom is -0.368 e. The van der Waals surface area contributed by atoms with Crippen molar-refractivity contribution in [3.05, 3.63) is 71.1 Å². The second-order valence-electron chi connectivity index (χ2n) is 12.0. The first-order valence-corrected chi connectivity index (χ1v) is 15.2. The van der Waals surface area contributed by atoms with E-state index in [4.69, 9.17) is 0 Å². The molecule has 0 bridgehead atoms. The molecule has 3 aliphatic rings. The molecular weight excluding hydrogens is 498 g/mol. The predicted octanol–water partition coefficient (Wildman–Crippen LogP) is 4.79. The molecule has 0 radical (unpaired) electrons. The van der Waals surface area contributed by atoms with E-state index >= 15 is 0 Å². The molecule has 7 heteroatoms. The molecule has 0 spiro atoms. The Labute approximate surface area is 239 Å². The van der Waals surface area contributed by atoms with Crippen LogP contribution in [0.2, 0.25) is 0 Å². The molecule has 3 heterocycles. The number of nitrogens with one attached hydrogen (secondary N) is 1. The summed E-state index contributed by atoms with van der Waals surface area (Å²) >= 11 is 0. The van der Waals surface area contributed by atoms with Crippen LogP contribution in [0, 0.1) is 19.8 Å². The molecule has 0 unspecified atom stereocenters. The molecule has 1 aromatic heterocycles. The van der Waals surface area contributed by atoms with E-state index in [1.165, 1.54) is 36.0 Å². The Morgan fingerprint density at radius 1 is 0.875 bits per heavy atom. The van der Waals surface area contributed by atoms with Crippen LogP contribution >= 0.6 is 0 Å². The van der Waals surface area contributed by atoms with Crippen LogP contribution < -0.4 is 5.32 Å². The normalized spacial score (nSPS) is 19.4. The zero-order chi connectivity index (χ0) is 28.1. The van der Waals surface area contributed by atoms with Crippen LogP contribution in [0.4, 0.5) is 0 Å². The average molecular weight is 544 g/mol. The van der Waals surface area contributed by atoms with Crippen LogP contribution in [0.5, 0.6) is 0 Å². The molecule has 2 amide bonds. The van der Waals surface area contributed by atoms with Crippen LogP contribution in [0.25, 0.3) is 5.70 Å². The topological polar surface area (TPSA) is 68.8 Å². The Morgan fingerprint density at radius 2 is 1.57 bits per heavy atom. The highest BCUT2D eigenvalue weighted by atomic mass is 16.2. The molecule has 1 N–H and O–H groups in total. The first kappa shape index (κ1) is 28.3. The van der Waals surface area contributed by atoms with Crippen molar-refractivity contribution in [3.63, 3.8) is 0 Å². The van der Waals surface area contributed by atoms with Gasteiger partial charge in [0.1, 0.15) is 5.69 Å². The second-order valence-corrected chi connectivity index (χ2v) is 12.0. The average Bonchev–Trinajstić information content (AvgIpc) is 3.00. The summed E-state index contributed by atoms with van der Waals surface area (Å²) in [5, 5.41) is 3.19. The third-order valence-electron chi connectivity index (χ3n) is 9.16. The van der Waals surface area contributed by atoms with Crippen molar-refractivity contribution in [2.45, 2.75) is 71.4 Å². The molecule has 1 aromatic carbocycles. The molecule has 3 fully saturated rings. The highest BCUT2D eigenvalue weighted by Gasteiger charge is 2.29. The van der Waals surface area contributed by atoms with Crippen molar-refractivity contribution >= 4 is 17.5 Å². The van der Waals surface area contributed by atoms with Gasteiger partial charge in [-0.3, -0.25) is 19.5 Å². The number of pyridine rings is 1. The van der Waals surface area contributed by atoms with Gasteiger partial charge >= 0.3 is 0 Å². The molecule has 214 valence electrons. The van der Waals surface area contributed by atoms with Gasteiger partial charge in [0.15, 0.2) is 0 Å². The fourth-order valence-corrected chi connectivity index (χ4v) is 6.34. The second kappa shape index (κ2) is 13.0. The summed E-state index contributed by atoms with van der Waals surface area (Å²) in [4.78, 5) is 37.0. The Hall–Kier alpha value is -3.19. The third kappa shape index (κ3) is 6.92.